The van der Waals surface area contributed by atoms with Crippen LogP contribution in [0.25, 0.3) is 65.4 Å². The van der Waals surface area contributed by atoms with Crippen molar-refractivity contribution in [3.05, 3.63) is 163 Å². The van der Waals surface area contributed by atoms with E-state index in [1.54, 1.807) is 0 Å². The zero-order valence-electron chi connectivity index (χ0n) is 26.8. The van der Waals surface area contributed by atoms with Gasteiger partial charge in [0.2, 0.25) is 0 Å². The van der Waals surface area contributed by atoms with Gasteiger partial charge in [0.15, 0.2) is 0 Å². The first-order valence-electron chi connectivity index (χ1n) is 16.9. The SMILES string of the molecule is c1ccc(C2Nc3ccc4ccc5ccc(N(c6ccc7oc8ccccc8c7c6)c6ccc7oc8ccccc8c7c6)cc5c4c3[OH+]2)cc1. The van der Waals surface area contributed by atoms with Crippen molar-refractivity contribution in [2.75, 3.05) is 10.2 Å². The minimum atomic E-state index is -0.125. The van der Waals surface area contributed by atoms with Crippen LogP contribution in [0.15, 0.2) is 167 Å². The van der Waals surface area contributed by atoms with Crippen molar-refractivity contribution in [2.24, 2.45) is 0 Å². The lowest BCUT2D eigenvalue weighted by atomic mass is 9.99. The topological polar surface area (TPSA) is 54.3 Å². The Bertz CT molecular complexity index is 2850. The van der Waals surface area contributed by atoms with Crippen LogP contribution < -0.4 is 10.2 Å². The van der Waals surface area contributed by atoms with Crippen LogP contribution in [0.1, 0.15) is 11.8 Å². The standard InChI is InChI=1S/C45H28N2O3/c1-2-8-29(9-3-1)45-46-38-21-17-28-15-14-27-16-18-30(24-35(27)43(28)44(38)50-45)47(31-19-22-41-36(25-31)33-10-4-6-12-39(33)48-41)32-20-23-42-37(26-32)34-11-5-7-13-40(34)49-42/h1-26,45-46H/p+1. The van der Waals surface area contributed by atoms with Crippen molar-refractivity contribution in [1.82, 2.24) is 0 Å². The summed E-state index contributed by atoms with van der Waals surface area (Å²) in [5.74, 6) is 1.00. The smallest absolute Gasteiger partial charge is 0.289 e. The first kappa shape index (κ1) is 27.3. The average Bonchev–Trinajstić information content (AvgIpc) is 3.88. The highest BCUT2D eigenvalue weighted by Gasteiger charge is 2.31. The van der Waals surface area contributed by atoms with E-state index in [1.807, 2.05) is 30.3 Å². The van der Waals surface area contributed by atoms with Crippen LogP contribution in [0.5, 0.6) is 5.75 Å². The van der Waals surface area contributed by atoms with E-state index in [0.29, 0.717) is 0 Å². The lowest BCUT2D eigenvalue weighted by molar-refractivity contribution is 0.0234. The highest BCUT2D eigenvalue weighted by atomic mass is 16.5. The van der Waals surface area contributed by atoms with Gasteiger partial charge in [0.05, 0.1) is 10.9 Å². The summed E-state index contributed by atoms with van der Waals surface area (Å²) in [5, 5.41) is 12.7. The van der Waals surface area contributed by atoms with E-state index in [2.05, 4.69) is 138 Å². The molecule has 0 aliphatic carbocycles. The number of nitrogens with one attached hydrogen (secondary N) is 1. The number of anilines is 4. The summed E-state index contributed by atoms with van der Waals surface area (Å²) in [7, 11) is 0. The maximum absolute atomic E-state index is 6.24. The molecular weight excluding hydrogens is 617 g/mol. The second-order valence-corrected chi connectivity index (χ2v) is 13.0. The van der Waals surface area contributed by atoms with Gasteiger partial charge in [0.1, 0.15) is 28.0 Å². The fourth-order valence-electron chi connectivity index (χ4n) is 7.76. The van der Waals surface area contributed by atoms with Crippen LogP contribution >= 0.6 is 0 Å². The van der Waals surface area contributed by atoms with Gasteiger partial charge in [0, 0.05) is 44.0 Å². The first-order chi connectivity index (χ1) is 24.7. The number of furan rings is 2. The minimum Gasteiger partial charge on any atom is -0.560 e. The summed E-state index contributed by atoms with van der Waals surface area (Å²) in [4.78, 5) is 2.34. The number of nitrogens with zero attached hydrogens (tertiary/aromatic N) is 1. The second-order valence-electron chi connectivity index (χ2n) is 13.0. The lowest BCUT2D eigenvalue weighted by Gasteiger charge is -2.26. The van der Waals surface area contributed by atoms with Gasteiger partial charge in [-0.3, -0.25) is 5.32 Å². The monoisotopic (exact) mass is 645 g/mol. The Kier molecular flexibility index (Phi) is 5.66. The van der Waals surface area contributed by atoms with Crippen molar-refractivity contribution < 1.29 is 13.6 Å². The number of hydrogen-bond donors (Lipinski definition) is 1. The molecule has 0 bridgehead atoms. The Labute approximate surface area is 286 Å². The molecule has 1 aliphatic heterocycles. The number of aliphatic hydroxyl groups is 1. The Balaban J connectivity index is 1.14. The molecule has 0 radical (unpaired) electrons. The number of fused-ring (bicyclic) bond motifs is 11. The van der Waals surface area contributed by atoms with Gasteiger partial charge in [-0.15, -0.1) is 0 Å². The van der Waals surface area contributed by atoms with E-state index in [1.165, 1.54) is 5.39 Å². The van der Waals surface area contributed by atoms with Gasteiger partial charge in [-0.05, 0) is 89.6 Å². The van der Waals surface area contributed by atoms with Gasteiger partial charge >= 0.3 is 0 Å². The number of aromatic hydroxyl groups is 1. The molecular formula is C45H29N2O3+. The van der Waals surface area contributed by atoms with Crippen LogP contribution in [0.2, 0.25) is 0 Å². The molecule has 0 saturated carbocycles. The summed E-state index contributed by atoms with van der Waals surface area (Å²) in [5.41, 5.74) is 8.83. The number of hydrogen-bond acceptors (Lipinski definition) is 4. The molecule has 2 aromatic heterocycles. The van der Waals surface area contributed by atoms with Crippen molar-refractivity contribution in [2.45, 2.75) is 6.23 Å². The average molecular weight is 646 g/mol. The molecule has 0 spiro atoms. The van der Waals surface area contributed by atoms with E-state index in [0.717, 1.165) is 94.1 Å². The summed E-state index contributed by atoms with van der Waals surface area (Å²) in [6.07, 6.45) is -0.125. The number of ether oxygens (including phenoxy) is 1. The Morgan fingerprint density at radius 1 is 0.460 bits per heavy atom. The maximum Gasteiger partial charge on any atom is 0.289 e. The highest BCUT2D eigenvalue weighted by molar-refractivity contribution is 6.14. The molecule has 1 atom stereocenters. The first-order valence-corrected chi connectivity index (χ1v) is 16.9. The maximum atomic E-state index is 6.24. The summed E-state index contributed by atoms with van der Waals surface area (Å²) >= 11 is 0. The third kappa shape index (κ3) is 4.07. The van der Waals surface area contributed by atoms with Crippen molar-refractivity contribution in [1.29, 1.82) is 0 Å². The van der Waals surface area contributed by atoms with Crippen LogP contribution in [-0.4, -0.2) is 4.74 Å². The molecule has 3 heterocycles. The predicted molar refractivity (Wildman–Crippen MR) is 205 cm³/mol. The fourth-order valence-corrected chi connectivity index (χ4v) is 7.76. The Morgan fingerprint density at radius 3 is 1.66 bits per heavy atom. The van der Waals surface area contributed by atoms with E-state index in [4.69, 9.17) is 13.6 Å². The van der Waals surface area contributed by atoms with Gasteiger partial charge in [0.25, 0.3) is 12.0 Å². The van der Waals surface area contributed by atoms with Crippen LogP contribution in [0, 0.1) is 0 Å². The van der Waals surface area contributed by atoms with E-state index in [9.17, 15) is 0 Å². The molecule has 0 saturated heterocycles. The van der Waals surface area contributed by atoms with Crippen LogP contribution in [0.3, 0.4) is 0 Å². The quantitative estimate of drug-likeness (QED) is 0.118. The molecule has 5 nitrogen and oxygen atoms in total. The summed E-state index contributed by atoms with van der Waals surface area (Å²) < 4.78 is 17.7. The Hall–Kier alpha value is -6.72. The molecule has 236 valence electrons. The fraction of sp³-hybridized carbons (Fsp3) is 0.0222. The van der Waals surface area contributed by atoms with E-state index in [-0.39, 0.29) is 6.23 Å². The summed E-state index contributed by atoms with van der Waals surface area (Å²) in [6, 6.07) is 55.4. The molecule has 50 heavy (non-hydrogen) atoms. The predicted octanol–water partition coefficient (Wildman–Crippen LogP) is 12.6. The van der Waals surface area contributed by atoms with Crippen molar-refractivity contribution in [3.63, 3.8) is 0 Å². The molecule has 1 unspecified atom stereocenters. The third-order valence-corrected chi connectivity index (χ3v) is 10.1. The molecule has 10 aromatic rings. The molecule has 8 aromatic carbocycles. The van der Waals surface area contributed by atoms with Crippen molar-refractivity contribution >= 4 is 88.2 Å². The largest absolute Gasteiger partial charge is 0.560 e. The highest BCUT2D eigenvalue weighted by Crippen LogP contribution is 2.48. The van der Waals surface area contributed by atoms with Gasteiger partial charge in [-0.25, -0.2) is 0 Å². The zero-order chi connectivity index (χ0) is 32.8. The zero-order valence-corrected chi connectivity index (χ0v) is 26.8. The minimum absolute atomic E-state index is 0.125. The summed E-state index contributed by atoms with van der Waals surface area (Å²) in [6.45, 7) is 0. The molecule has 0 amide bonds. The van der Waals surface area contributed by atoms with Gasteiger partial charge < -0.3 is 18.5 Å². The Morgan fingerprint density at radius 2 is 0.980 bits per heavy atom. The van der Waals surface area contributed by atoms with E-state index < -0.39 is 0 Å². The molecule has 1 aliphatic rings. The number of rotatable bonds is 4. The molecule has 5 heteroatoms. The molecule has 2 N–H and O–H groups in total. The number of benzene rings is 8. The van der Waals surface area contributed by atoms with Crippen molar-refractivity contribution in [3.8, 4) is 5.75 Å². The van der Waals surface area contributed by atoms with Crippen LogP contribution in [-0.2, 0) is 0 Å². The lowest BCUT2D eigenvalue weighted by Crippen LogP contribution is -2.09. The second kappa shape index (κ2) is 10.4. The van der Waals surface area contributed by atoms with E-state index >= 15 is 0 Å². The van der Waals surface area contributed by atoms with Gasteiger partial charge in [-0.1, -0.05) is 78.9 Å². The van der Waals surface area contributed by atoms with Crippen LogP contribution in [0.4, 0.5) is 22.7 Å². The normalized spacial score (nSPS) is 14.1. The van der Waals surface area contributed by atoms with Gasteiger partial charge in [-0.2, -0.15) is 0 Å². The third-order valence-electron chi connectivity index (χ3n) is 10.1. The number of para-hydroxylation sites is 2. The molecule has 11 rings (SSSR count). The molecule has 0 fully saturated rings.